The number of furan rings is 2. The zero-order chi connectivity index (χ0) is 40.8. The molecule has 3 aromatic heterocycles. The lowest BCUT2D eigenvalue weighted by molar-refractivity contribution is 0.653. The molecule has 0 saturated carbocycles. The van der Waals surface area contributed by atoms with E-state index in [9.17, 15) is 0 Å². The van der Waals surface area contributed by atoms with Crippen molar-refractivity contribution in [2.45, 2.75) is 32.6 Å². The molecule has 0 saturated heterocycles. The van der Waals surface area contributed by atoms with Gasteiger partial charge in [0.15, 0.2) is 17.5 Å². The summed E-state index contributed by atoms with van der Waals surface area (Å²) in [5, 5.41) is 4.15. The Bertz CT molecular complexity index is 3560. The first-order valence-electron chi connectivity index (χ1n) is 20.9. The van der Waals surface area contributed by atoms with E-state index < -0.39 is 0 Å². The van der Waals surface area contributed by atoms with Crippen LogP contribution >= 0.6 is 0 Å². The molecule has 0 aliphatic heterocycles. The number of hydrogen-bond donors (Lipinski definition) is 0. The summed E-state index contributed by atoms with van der Waals surface area (Å²) in [6, 6.07) is 59.6. The Hall–Kier alpha value is -7.63. The summed E-state index contributed by atoms with van der Waals surface area (Å²) in [5.74, 6) is 1.65. The van der Waals surface area contributed by atoms with Gasteiger partial charge in [-0.05, 0) is 93.7 Å². The van der Waals surface area contributed by atoms with Gasteiger partial charge in [-0.1, -0.05) is 153 Å². The summed E-state index contributed by atoms with van der Waals surface area (Å²) in [5.41, 5.74) is 17.4. The Labute approximate surface area is 353 Å². The smallest absolute Gasteiger partial charge is 0.167 e. The first-order valence-corrected chi connectivity index (χ1v) is 20.9. The van der Waals surface area contributed by atoms with Gasteiger partial charge in [0.2, 0.25) is 0 Å². The van der Waals surface area contributed by atoms with Crippen LogP contribution in [0.3, 0.4) is 0 Å². The zero-order valence-corrected chi connectivity index (χ0v) is 34.0. The molecular formula is C56H39N3O2. The van der Waals surface area contributed by atoms with Gasteiger partial charge in [0.25, 0.3) is 0 Å². The minimum atomic E-state index is -0.154. The molecule has 0 atom stereocenters. The molecule has 1 aliphatic carbocycles. The van der Waals surface area contributed by atoms with Crippen LogP contribution in [-0.2, 0) is 11.8 Å². The molecule has 1 aliphatic rings. The van der Waals surface area contributed by atoms with Gasteiger partial charge < -0.3 is 8.83 Å². The molecule has 3 heterocycles. The Kier molecular flexibility index (Phi) is 7.79. The fourth-order valence-electron chi connectivity index (χ4n) is 9.89. The van der Waals surface area contributed by atoms with Crippen molar-refractivity contribution >= 4 is 43.9 Å². The lowest BCUT2D eigenvalue weighted by Crippen LogP contribution is -2.18. The van der Waals surface area contributed by atoms with E-state index in [1.165, 1.54) is 50.1 Å². The van der Waals surface area contributed by atoms with Crippen LogP contribution in [0.5, 0.6) is 0 Å². The van der Waals surface area contributed by atoms with Gasteiger partial charge in [-0.2, -0.15) is 0 Å². The third-order valence-electron chi connectivity index (χ3n) is 12.8. The number of aryl methyl sites for hydroxylation is 1. The average Bonchev–Trinajstić information content (AvgIpc) is 3.94. The Morgan fingerprint density at radius 3 is 1.77 bits per heavy atom. The first kappa shape index (κ1) is 35.3. The highest BCUT2D eigenvalue weighted by Crippen LogP contribution is 2.52. The van der Waals surface area contributed by atoms with Crippen molar-refractivity contribution in [1.29, 1.82) is 0 Å². The van der Waals surface area contributed by atoms with Crippen molar-refractivity contribution in [2.75, 3.05) is 0 Å². The number of benzene rings is 8. The van der Waals surface area contributed by atoms with E-state index in [0.717, 1.165) is 67.0 Å². The summed E-state index contributed by atoms with van der Waals surface area (Å²) in [7, 11) is 0. The van der Waals surface area contributed by atoms with Crippen molar-refractivity contribution in [3.63, 3.8) is 0 Å². The zero-order valence-electron chi connectivity index (χ0n) is 34.0. The second-order valence-corrected chi connectivity index (χ2v) is 16.7. The van der Waals surface area contributed by atoms with Crippen LogP contribution < -0.4 is 0 Å². The summed E-state index contributed by atoms with van der Waals surface area (Å²) < 4.78 is 13.2. The lowest BCUT2D eigenvalue weighted by atomic mass is 9.76. The number of rotatable bonds is 6. The van der Waals surface area contributed by atoms with Crippen molar-refractivity contribution in [3.8, 4) is 56.4 Å². The van der Waals surface area contributed by atoms with Crippen molar-refractivity contribution < 1.29 is 8.83 Å². The molecule has 0 radical (unpaired) electrons. The molecule has 0 spiro atoms. The van der Waals surface area contributed by atoms with Crippen LogP contribution in [-0.4, -0.2) is 15.0 Å². The molecule has 0 bridgehead atoms. The number of nitrogens with zero attached hydrogens (tertiary/aromatic N) is 3. The minimum Gasteiger partial charge on any atom is -0.455 e. The third-order valence-corrected chi connectivity index (χ3v) is 12.8. The lowest BCUT2D eigenvalue weighted by Gasteiger charge is -2.27. The maximum absolute atomic E-state index is 6.78. The van der Waals surface area contributed by atoms with Gasteiger partial charge in [0.1, 0.15) is 22.3 Å². The first-order chi connectivity index (χ1) is 29.9. The van der Waals surface area contributed by atoms with E-state index in [4.69, 9.17) is 23.8 Å². The van der Waals surface area contributed by atoms with Gasteiger partial charge in [-0.3, -0.25) is 0 Å². The van der Waals surface area contributed by atoms with Gasteiger partial charge in [0, 0.05) is 32.5 Å². The van der Waals surface area contributed by atoms with Crippen molar-refractivity contribution in [3.05, 3.63) is 198 Å². The molecule has 0 fully saturated rings. The molecule has 290 valence electrons. The Morgan fingerprint density at radius 2 is 1.02 bits per heavy atom. The topological polar surface area (TPSA) is 65.0 Å². The molecule has 12 rings (SSSR count). The van der Waals surface area contributed by atoms with Gasteiger partial charge in [-0.15, -0.1) is 0 Å². The molecular weight excluding hydrogens is 747 g/mol. The van der Waals surface area contributed by atoms with Crippen LogP contribution in [0.15, 0.2) is 179 Å². The number of hydrogen-bond acceptors (Lipinski definition) is 5. The van der Waals surface area contributed by atoms with E-state index in [0.29, 0.717) is 17.5 Å². The molecule has 5 heteroatoms. The molecule has 8 aromatic carbocycles. The molecule has 0 unspecified atom stereocenters. The highest BCUT2D eigenvalue weighted by molar-refractivity contribution is 6.10. The fraction of sp³-hybridized carbons (Fsp3) is 0.0893. The van der Waals surface area contributed by atoms with Gasteiger partial charge in [-0.25, -0.2) is 15.0 Å². The quantitative estimate of drug-likeness (QED) is 0.168. The highest BCUT2D eigenvalue weighted by Gasteiger charge is 2.38. The van der Waals surface area contributed by atoms with E-state index in [-0.39, 0.29) is 5.41 Å². The maximum Gasteiger partial charge on any atom is 0.167 e. The van der Waals surface area contributed by atoms with Crippen LogP contribution in [0, 0.1) is 6.92 Å². The number of aromatic nitrogens is 3. The average molecular weight is 786 g/mol. The Balaban J connectivity index is 1.02. The second-order valence-electron chi connectivity index (χ2n) is 16.7. The normalized spacial score (nSPS) is 13.0. The maximum atomic E-state index is 6.78. The molecule has 0 amide bonds. The largest absolute Gasteiger partial charge is 0.455 e. The van der Waals surface area contributed by atoms with Crippen LogP contribution in [0.2, 0.25) is 0 Å². The van der Waals surface area contributed by atoms with Crippen LogP contribution in [0.25, 0.3) is 100 Å². The number of fused-ring (bicyclic) bond motifs is 9. The third kappa shape index (κ3) is 5.50. The highest BCUT2D eigenvalue weighted by atomic mass is 16.3. The monoisotopic (exact) mass is 785 g/mol. The second kappa shape index (κ2) is 13.4. The number of para-hydroxylation sites is 3. The molecule has 5 nitrogen and oxygen atoms in total. The van der Waals surface area contributed by atoms with Crippen molar-refractivity contribution in [1.82, 2.24) is 15.0 Å². The summed E-state index contributed by atoms with van der Waals surface area (Å²) >= 11 is 0. The van der Waals surface area contributed by atoms with Gasteiger partial charge >= 0.3 is 0 Å². The van der Waals surface area contributed by atoms with E-state index >= 15 is 0 Å². The Morgan fingerprint density at radius 1 is 0.443 bits per heavy atom. The molecule has 11 aromatic rings. The van der Waals surface area contributed by atoms with Gasteiger partial charge in [0.05, 0.1) is 11.1 Å². The van der Waals surface area contributed by atoms with Crippen LogP contribution in [0.4, 0.5) is 0 Å². The predicted octanol–water partition coefficient (Wildman–Crippen LogP) is 14.5. The van der Waals surface area contributed by atoms with Crippen LogP contribution in [0.1, 0.15) is 41.7 Å². The molecule has 0 N–H and O–H groups in total. The minimum absolute atomic E-state index is 0.154. The van der Waals surface area contributed by atoms with E-state index in [2.05, 4.69) is 124 Å². The summed E-state index contributed by atoms with van der Waals surface area (Å²) in [6.45, 7) is 6.97. The molecule has 61 heavy (non-hydrogen) atoms. The summed E-state index contributed by atoms with van der Waals surface area (Å²) in [6.07, 6.45) is 0.775. The van der Waals surface area contributed by atoms with Crippen molar-refractivity contribution in [2.24, 2.45) is 0 Å². The predicted molar refractivity (Wildman–Crippen MR) is 248 cm³/mol. The standard InChI is InChI=1S/C56H39N3O2/c1-33-15-7-8-18-36(33)37-28-29-40-38-19-9-11-25-47(38)56(2,3)50(40)46(37)32-34-27-30-49-45(31-34)42-22-14-24-44(52(42)61-49)55-58-53(35-16-5-4-6-17-35)57-54(59-55)43-23-13-21-41-39-20-10-12-26-48(39)60-51(41)43/h4-31H,32H2,1-3H3. The van der Waals surface area contributed by atoms with E-state index in [1.54, 1.807) is 0 Å². The van der Waals surface area contributed by atoms with E-state index in [1.807, 2.05) is 66.7 Å². The fourth-order valence-corrected chi connectivity index (χ4v) is 9.89. The summed E-state index contributed by atoms with van der Waals surface area (Å²) in [4.78, 5) is 15.4. The SMILES string of the molecule is Cc1ccccc1-c1ccc2c(c1Cc1ccc3oc4c(-c5nc(-c6ccccc6)nc(-c6cccc7c6oc6ccccc67)n5)cccc4c3c1)C(C)(C)c1ccccc1-2.